The van der Waals surface area contributed by atoms with Gasteiger partial charge in [-0.2, -0.15) is 0 Å². The maximum Gasteiger partial charge on any atom is 0.261 e. The van der Waals surface area contributed by atoms with Crippen LogP contribution < -0.4 is 10.1 Å². The predicted molar refractivity (Wildman–Crippen MR) is 129 cm³/mol. The minimum Gasteiger partial charge on any atom is -0.484 e. The molecule has 2 rings (SSSR count). The van der Waals surface area contributed by atoms with Gasteiger partial charge in [0.25, 0.3) is 5.91 Å². The quantitative estimate of drug-likeness (QED) is 0.419. The van der Waals surface area contributed by atoms with Crippen LogP contribution in [0.2, 0.25) is 10.0 Å². The van der Waals surface area contributed by atoms with Crippen LogP contribution in [-0.2, 0) is 16.1 Å². The average molecular weight is 530 g/mol. The van der Waals surface area contributed by atoms with E-state index in [0.717, 1.165) is 16.5 Å². The van der Waals surface area contributed by atoms with E-state index in [1.165, 1.54) is 4.90 Å². The molecule has 0 radical (unpaired) electrons. The Kier molecular flexibility index (Phi) is 10.1. The van der Waals surface area contributed by atoms with E-state index in [-0.39, 0.29) is 31.0 Å². The Hall–Kier alpha value is -1.76. The van der Waals surface area contributed by atoms with Crippen molar-refractivity contribution in [2.45, 2.75) is 52.2 Å². The molecule has 31 heavy (non-hydrogen) atoms. The second-order valence-electron chi connectivity index (χ2n) is 7.25. The maximum atomic E-state index is 13.2. The van der Waals surface area contributed by atoms with Gasteiger partial charge in [0.1, 0.15) is 11.8 Å². The Morgan fingerprint density at radius 3 is 2.32 bits per heavy atom. The lowest BCUT2D eigenvalue weighted by molar-refractivity contribution is -0.143. The highest BCUT2D eigenvalue weighted by atomic mass is 79.9. The van der Waals surface area contributed by atoms with Crippen LogP contribution in [-0.4, -0.2) is 35.4 Å². The highest BCUT2D eigenvalue weighted by Crippen LogP contribution is 2.24. The van der Waals surface area contributed by atoms with Crippen molar-refractivity contribution in [1.82, 2.24) is 10.2 Å². The molecule has 168 valence electrons. The first kappa shape index (κ1) is 25.5. The SMILES string of the molecule is CCC(C)NC(=O)C(CC)N(Cc1ccc(Cl)c(Cl)c1)C(=O)COc1ccc(Br)cc1. The van der Waals surface area contributed by atoms with Crippen LogP contribution >= 0.6 is 39.1 Å². The molecule has 8 heteroatoms. The summed E-state index contributed by atoms with van der Waals surface area (Å²) in [5.74, 6) is 0.0946. The summed E-state index contributed by atoms with van der Waals surface area (Å²) in [6.45, 7) is 5.84. The number of amides is 2. The van der Waals surface area contributed by atoms with Crippen LogP contribution in [0.3, 0.4) is 0 Å². The molecule has 0 aliphatic heterocycles. The largest absolute Gasteiger partial charge is 0.484 e. The third-order valence-corrected chi connectivity index (χ3v) is 6.17. The fraction of sp³-hybridized carbons (Fsp3) is 0.391. The number of nitrogens with zero attached hydrogens (tertiary/aromatic N) is 1. The molecule has 2 amide bonds. The van der Waals surface area contributed by atoms with E-state index in [2.05, 4.69) is 21.2 Å². The van der Waals surface area contributed by atoms with Crippen molar-refractivity contribution in [1.29, 1.82) is 0 Å². The van der Waals surface area contributed by atoms with Crippen molar-refractivity contribution in [3.63, 3.8) is 0 Å². The molecule has 2 atom stereocenters. The van der Waals surface area contributed by atoms with Gasteiger partial charge in [0.2, 0.25) is 5.91 Å². The van der Waals surface area contributed by atoms with Crippen molar-refractivity contribution < 1.29 is 14.3 Å². The number of hydrogen-bond donors (Lipinski definition) is 1. The van der Waals surface area contributed by atoms with Gasteiger partial charge in [-0.1, -0.05) is 59.0 Å². The highest BCUT2D eigenvalue weighted by Gasteiger charge is 2.29. The average Bonchev–Trinajstić information content (AvgIpc) is 2.75. The van der Waals surface area contributed by atoms with Crippen molar-refractivity contribution in [2.24, 2.45) is 0 Å². The van der Waals surface area contributed by atoms with E-state index in [4.69, 9.17) is 27.9 Å². The molecule has 1 N–H and O–H groups in total. The van der Waals surface area contributed by atoms with Gasteiger partial charge in [-0.05, 0) is 61.7 Å². The molecule has 0 aliphatic carbocycles. The topological polar surface area (TPSA) is 58.6 Å². The van der Waals surface area contributed by atoms with E-state index < -0.39 is 6.04 Å². The van der Waals surface area contributed by atoms with Crippen molar-refractivity contribution in [2.75, 3.05) is 6.61 Å². The number of rotatable bonds is 10. The standard InChI is InChI=1S/C23H27BrCl2N2O3/c1-4-15(3)27-23(30)21(5-2)28(13-16-6-11-19(25)20(26)12-16)22(29)14-31-18-9-7-17(24)8-10-18/h6-12,15,21H,4-5,13-14H2,1-3H3,(H,27,30). The van der Waals surface area contributed by atoms with Gasteiger partial charge >= 0.3 is 0 Å². The van der Waals surface area contributed by atoms with Crippen molar-refractivity contribution >= 4 is 50.9 Å². The second kappa shape index (κ2) is 12.3. The third kappa shape index (κ3) is 7.70. The first-order valence-corrected chi connectivity index (χ1v) is 11.7. The number of carbonyl (C=O) groups excluding carboxylic acids is 2. The van der Waals surface area contributed by atoms with E-state index >= 15 is 0 Å². The molecule has 0 fully saturated rings. The molecule has 0 aliphatic rings. The normalized spacial score (nSPS) is 12.7. The van der Waals surface area contributed by atoms with Gasteiger partial charge in [-0.15, -0.1) is 0 Å². The molecule has 0 saturated heterocycles. The Bertz CT molecular complexity index is 893. The Balaban J connectivity index is 2.23. The predicted octanol–water partition coefficient (Wildman–Crippen LogP) is 5.86. The van der Waals surface area contributed by atoms with E-state index in [1.807, 2.05) is 32.9 Å². The summed E-state index contributed by atoms with van der Waals surface area (Å²) in [7, 11) is 0. The van der Waals surface area contributed by atoms with E-state index in [1.54, 1.807) is 30.3 Å². The Morgan fingerprint density at radius 1 is 1.06 bits per heavy atom. The molecule has 2 aromatic carbocycles. The van der Waals surface area contributed by atoms with E-state index in [0.29, 0.717) is 22.2 Å². The van der Waals surface area contributed by atoms with E-state index in [9.17, 15) is 9.59 Å². The minimum absolute atomic E-state index is 0.0162. The van der Waals surface area contributed by atoms with Crippen LogP contribution in [0.5, 0.6) is 5.75 Å². The molecule has 0 aromatic heterocycles. The summed E-state index contributed by atoms with van der Waals surface area (Å²) in [6, 6.07) is 11.8. The lowest BCUT2D eigenvalue weighted by atomic mass is 10.1. The molecule has 2 unspecified atom stereocenters. The van der Waals surface area contributed by atoms with Gasteiger partial charge in [0, 0.05) is 17.1 Å². The minimum atomic E-state index is -0.635. The molecule has 5 nitrogen and oxygen atoms in total. The summed E-state index contributed by atoms with van der Waals surface area (Å²) < 4.78 is 6.59. The molecule has 0 bridgehead atoms. The van der Waals surface area contributed by atoms with Crippen LogP contribution in [0.1, 0.15) is 39.2 Å². The second-order valence-corrected chi connectivity index (χ2v) is 8.98. The van der Waals surface area contributed by atoms with Crippen molar-refractivity contribution in [3.05, 3.63) is 62.5 Å². The fourth-order valence-electron chi connectivity index (χ4n) is 2.95. The smallest absolute Gasteiger partial charge is 0.261 e. The molecular formula is C23H27BrCl2N2O3. The van der Waals surface area contributed by atoms with Gasteiger partial charge < -0.3 is 15.0 Å². The lowest BCUT2D eigenvalue weighted by Crippen LogP contribution is -2.51. The zero-order valence-electron chi connectivity index (χ0n) is 17.8. The Morgan fingerprint density at radius 2 is 1.74 bits per heavy atom. The number of benzene rings is 2. The fourth-order valence-corrected chi connectivity index (χ4v) is 3.54. The summed E-state index contributed by atoms with van der Waals surface area (Å²) >= 11 is 15.5. The summed E-state index contributed by atoms with van der Waals surface area (Å²) in [5, 5.41) is 3.81. The van der Waals surface area contributed by atoms with Gasteiger partial charge in [0.05, 0.1) is 10.0 Å². The summed E-state index contributed by atoms with van der Waals surface area (Å²) in [4.78, 5) is 27.6. The van der Waals surface area contributed by atoms with Gasteiger partial charge in [0.15, 0.2) is 6.61 Å². The number of nitrogens with one attached hydrogen (secondary N) is 1. The summed E-state index contributed by atoms with van der Waals surface area (Å²) in [6.07, 6.45) is 1.27. The van der Waals surface area contributed by atoms with Gasteiger partial charge in [-0.3, -0.25) is 9.59 Å². The maximum absolute atomic E-state index is 13.2. The monoisotopic (exact) mass is 528 g/mol. The number of halogens is 3. The van der Waals surface area contributed by atoms with Crippen LogP contribution in [0, 0.1) is 0 Å². The van der Waals surface area contributed by atoms with Gasteiger partial charge in [-0.25, -0.2) is 0 Å². The third-order valence-electron chi connectivity index (χ3n) is 4.90. The number of ether oxygens (including phenoxy) is 1. The lowest BCUT2D eigenvalue weighted by Gasteiger charge is -2.31. The molecule has 0 spiro atoms. The molecule has 2 aromatic rings. The zero-order chi connectivity index (χ0) is 23.0. The first-order chi connectivity index (χ1) is 14.7. The summed E-state index contributed by atoms with van der Waals surface area (Å²) in [5.41, 5.74) is 0.779. The number of carbonyl (C=O) groups is 2. The zero-order valence-corrected chi connectivity index (χ0v) is 20.9. The molecule has 0 saturated carbocycles. The number of hydrogen-bond acceptors (Lipinski definition) is 3. The molecule has 0 heterocycles. The first-order valence-electron chi connectivity index (χ1n) is 10.2. The Labute approximate surface area is 202 Å². The highest BCUT2D eigenvalue weighted by molar-refractivity contribution is 9.10. The van der Waals surface area contributed by atoms with Crippen LogP contribution in [0.15, 0.2) is 46.9 Å². The van der Waals surface area contributed by atoms with Crippen LogP contribution in [0.25, 0.3) is 0 Å². The van der Waals surface area contributed by atoms with Crippen molar-refractivity contribution in [3.8, 4) is 5.75 Å². The molecular weight excluding hydrogens is 503 g/mol. The van der Waals surface area contributed by atoms with Crippen LogP contribution in [0.4, 0.5) is 0 Å².